The number of aliphatic imine (C=N–C) groups is 1. The summed E-state index contributed by atoms with van der Waals surface area (Å²) in [5.74, 6) is 0.317. The Hall–Kier alpha value is -0.290. The van der Waals surface area contributed by atoms with E-state index in [0.29, 0.717) is 16.8 Å². The van der Waals surface area contributed by atoms with Gasteiger partial charge in [-0.3, -0.25) is 4.99 Å². The van der Waals surface area contributed by atoms with E-state index in [9.17, 15) is 0 Å². The van der Waals surface area contributed by atoms with Crippen molar-refractivity contribution in [3.63, 3.8) is 0 Å². The SMILES string of the molecule is CCN=C(N)NC(=S)S. The summed E-state index contributed by atoms with van der Waals surface area (Å²) in [5, 5.41) is 2.57. The predicted molar refractivity (Wildman–Crippen MR) is 46.9 cm³/mol. The maximum atomic E-state index is 5.29. The maximum absolute atomic E-state index is 5.29. The molecule has 5 heteroatoms. The highest BCUT2D eigenvalue weighted by molar-refractivity contribution is 8.11. The first-order chi connectivity index (χ1) is 4.16. The molecule has 9 heavy (non-hydrogen) atoms. The fourth-order valence-electron chi connectivity index (χ4n) is 0.319. The summed E-state index contributed by atoms with van der Waals surface area (Å²) in [6.07, 6.45) is 0. The van der Waals surface area contributed by atoms with Crippen LogP contribution in [0.4, 0.5) is 0 Å². The molecule has 0 amide bonds. The molecule has 0 aromatic heterocycles. The van der Waals surface area contributed by atoms with Crippen LogP contribution in [-0.2, 0) is 0 Å². The maximum Gasteiger partial charge on any atom is 0.194 e. The van der Waals surface area contributed by atoms with Gasteiger partial charge in [0, 0.05) is 6.54 Å². The zero-order chi connectivity index (χ0) is 7.28. The molecular weight excluding hydrogens is 154 g/mol. The molecule has 0 aliphatic carbocycles. The molecule has 0 unspecified atom stereocenters. The van der Waals surface area contributed by atoms with Crippen LogP contribution in [0.15, 0.2) is 4.99 Å². The number of nitrogens with one attached hydrogen (secondary N) is 1. The van der Waals surface area contributed by atoms with Crippen LogP contribution in [0.1, 0.15) is 6.92 Å². The van der Waals surface area contributed by atoms with Crippen molar-refractivity contribution in [3.05, 3.63) is 0 Å². The first-order valence-corrected chi connectivity index (χ1v) is 3.32. The monoisotopic (exact) mass is 163 g/mol. The number of hydrogen-bond acceptors (Lipinski definition) is 2. The van der Waals surface area contributed by atoms with Crippen molar-refractivity contribution in [2.75, 3.05) is 6.54 Å². The van der Waals surface area contributed by atoms with Crippen LogP contribution in [0.2, 0.25) is 0 Å². The summed E-state index contributed by atoms with van der Waals surface area (Å²) >= 11 is 8.37. The molecule has 52 valence electrons. The van der Waals surface area contributed by atoms with E-state index >= 15 is 0 Å². The molecular formula is C4H9N3S2. The van der Waals surface area contributed by atoms with Crippen LogP contribution in [0.3, 0.4) is 0 Å². The molecule has 0 bridgehead atoms. The fourth-order valence-corrected chi connectivity index (χ4v) is 0.539. The zero-order valence-corrected chi connectivity index (χ0v) is 6.80. The van der Waals surface area contributed by atoms with Crippen LogP contribution < -0.4 is 11.1 Å². The summed E-state index contributed by atoms with van der Waals surface area (Å²) in [6.45, 7) is 2.53. The van der Waals surface area contributed by atoms with Crippen molar-refractivity contribution in [3.8, 4) is 0 Å². The Morgan fingerprint density at radius 1 is 1.89 bits per heavy atom. The summed E-state index contributed by atoms with van der Waals surface area (Å²) in [5.41, 5.74) is 5.29. The predicted octanol–water partition coefficient (Wildman–Crippen LogP) is 0.125. The molecule has 0 radical (unpaired) electrons. The lowest BCUT2D eigenvalue weighted by Crippen LogP contribution is -2.33. The molecule has 0 saturated carbocycles. The van der Waals surface area contributed by atoms with Gasteiger partial charge in [-0.1, -0.05) is 12.2 Å². The minimum Gasteiger partial charge on any atom is -0.370 e. The molecule has 0 aliphatic rings. The van der Waals surface area contributed by atoms with E-state index in [2.05, 4.69) is 35.2 Å². The summed E-state index contributed by atoms with van der Waals surface area (Å²) < 4.78 is 0.338. The van der Waals surface area contributed by atoms with Gasteiger partial charge in [-0.05, 0) is 6.92 Å². The molecule has 0 fully saturated rings. The minimum atomic E-state index is 0.317. The highest BCUT2D eigenvalue weighted by atomic mass is 32.1. The Labute approximate surface area is 65.1 Å². The van der Waals surface area contributed by atoms with Crippen molar-refractivity contribution >= 4 is 35.1 Å². The Balaban J connectivity index is 3.62. The second-order valence-electron chi connectivity index (χ2n) is 1.29. The molecule has 0 aromatic rings. The average Bonchev–Trinajstić information content (AvgIpc) is 1.63. The van der Waals surface area contributed by atoms with E-state index in [4.69, 9.17) is 5.73 Å². The van der Waals surface area contributed by atoms with Gasteiger partial charge in [0.25, 0.3) is 0 Å². The number of hydrogen-bond donors (Lipinski definition) is 3. The normalized spacial score (nSPS) is 11.1. The molecule has 0 atom stereocenters. The van der Waals surface area contributed by atoms with E-state index in [1.807, 2.05) is 6.92 Å². The van der Waals surface area contributed by atoms with Crippen molar-refractivity contribution in [1.29, 1.82) is 0 Å². The van der Waals surface area contributed by atoms with E-state index in [0.717, 1.165) is 0 Å². The lowest BCUT2D eigenvalue weighted by atomic mass is 10.8. The van der Waals surface area contributed by atoms with Crippen molar-refractivity contribution < 1.29 is 0 Å². The van der Waals surface area contributed by atoms with E-state index in [1.54, 1.807) is 0 Å². The molecule has 0 aromatic carbocycles. The van der Waals surface area contributed by atoms with Gasteiger partial charge in [-0.15, -0.1) is 12.6 Å². The Kier molecular flexibility index (Phi) is 4.43. The first-order valence-electron chi connectivity index (χ1n) is 2.46. The third-order valence-corrected chi connectivity index (χ3v) is 0.777. The average molecular weight is 163 g/mol. The summed E-state index contributed by atoms with van der Waals surface area (Å²) in [4.78, 5) is 3.81. The second kappa shape index (κ2) is 4.58. The minimum absolute atomic E-state index is 0.317. The third kappa shape index (κ3) is 5.58. The van der Waals surface area contributed by atoms with Gasteiger partial charge < -0.3 is 11.1 Å². The molecule has 3 N–H and O–H groups in total. The molecule has 0 aliphatic heterocycles. The topological polar surface area (TPSA) is 50.4 Å². The van der Waals surface area contributed by atoms with Crippen molar-refractivity contribution in [2.45, 2.75) is 6.92 Å². The van der Waals surface area contributed by atoms with E-state index < -0.39 is 0 Å². The zero-order valence-electron chi connectivity index (χ0n) is 5.09. The third-order valence-electron chi connectivity index (χ3n) is 0.563. The lowest BCUT2D eigenvalue weighted by molar-refractivity contribution is 1.10. The summed E-state index contributed by atoms with van der Waals surface area (Å²) in [7, 11) is 0. The van der Waals surface area contributed by atoms with Crippen LogP contribution in [0, 0.1) is 0 Å². The van der Waals surface area contributed by atoms with Crippen molar-refractivity contribution in [1.82, 2.24) is 5.32 Å². The largest absolute Gasteiger partial charge is 0.370 e. The Morgan fingerprint density at radius 2 is 2.44 bits per heavy atom. The second-order valence-corrected chi connectivity index (χ2v) is 2.45. The van der Waals surface area contributed by atoms with Gasteiger partial charge in [-0.2, -0.15) is 0 Å². The highest BCUT2D eigenvalue weighted by Gasteiger charge is 1.88. The van der Waals surface area contributed by atoms with Crippen LogP contribution >= 0.6 is 24.8 Å². The standard InChI is InChI=1S/C4H9N3S2/c1-2-6-3(5)7-4(8)9/h2H2,1H3,(H4,5,6,7,8,9). The van der Waals surface area contributed by atoms with Gasteiger partial charge in [0.05, 0.1) is 0 Å². The van der Waals surface area contributed by atoms with Crippen molar-refractivity contribution in [2.24, 2.45) is 10.7 Å². The Bertz CT molecular complexity index is 132. The Morgan fingerprint density at radius 3 is 2.78 bits per heavy atom. The van der Waals surface area contributed by atoms with E-state index in [-0.39, 0.29) is 0 Å². The van der Waals surface area contributed by atoms with Crippen LogP contribution in [0.5, 0.6) is 0 Å². The summed E-state index contributed by atoms with van der Waals surface area (Å²) in [6, 6.07) is 0. The first kappa shape index (κ1) is 8.71. The number of nitrogens with zero attached hydrogens (tertiary/aromatic N) is 1. The van der Waals surface area contributed by atoms with Gasteiger partial charge in [0.15, 0.2) is 5.96 Å². The van der Waals surface area contributed by atoms with Gasteiger partial charge in [0.1, 0.15) is 4.32 Å². The number of rotatable bonds is 1. The van der Waals surface area contributed by atoms with Gasteiger partial charge in [-0.25, -0.2) is 0 Å². The quantitative estimate of drug-likeness (QED) is 0.223. The van der Waals surface area contributed by atoms with Gasteiger partial charge in [0.2, 0.25) is 0 Å². The van der Waals surface area contributed by atoms with E-state index in [1.165, 1.54) is 0 Å². The number of nitrogens with two attached hydrogens (primary N) is 1. The van der Waals surface area contributed by atoms with Crippen LogP contribution in [-0.4, -0.2) is 16.8 Å². The number of thiol groups is 1. The number of guanidine groups is 1. The van der Waals surface area contributed by atoms with Gasteiger partial charge >= 0.3 is 0 Å². The molecule has 3 nitrogen and oxygen atoms in total. The molecule has 0 spiro atoms. The molecule has 0 saturated heterocycles. The molecule has 0 heterocycles. The smallest absolute Gasteiger partial charge is 0.194 e. The van der Waals surface area contributed by atoms with Crippen LogP contribution in [0.25, 0.3) is 0 Å². The number of thiocarbonyl (C=S) groups is 1. The molecule has 0 rings (SSSR count). The fraction of sp³-hybridized carbons (Fsp3) is 0.500. The lowest BCUT2D eigenvalue weighted by Gasteiger charge is -1.98. The highest BCUT2D eigenvalue weighted by Crippen LogP contribution is 1.75.